The van der Waals surface area contributed by atoms with Crippen molar-refractivity contribution in [1.29, 1.82) is 0 Å². The maximum atomic E-state index is 9.54. The standard InChI is InChI=1S/C10H12N2O/c1-3-4-5-10(13)9-7-11-8(2)6-12-9/h1,6-7,10,13H,4-5H2,2H3. The molecule has 0 aliphatic heterocycles. The Morgan fingerprint density at radius 1 is 1.54 bits per heavy atom. The SMILES string of the molecule is C#CCCC(O)c1cnc(C)cn1. The molecule has 0 saturated heterocycles. The highest BCUT2D eigenvalue weighted by Crippen LogP contribution is 2.14. The van der Waals surface area contributed by atoms with Gasteiger partial charge in [0.2, 0.25) is 0 Å². The molecule has 0 fully saturated rings. The van der Waals surface area contributed by atoms with Crippen molar-refractivity contribution < 1.29 is 5.11 Å². The van der Waals surface area contributed by atoms with Gasteiger partial charge >= 0.3 is 0 Å². The zero-order valence-corrected chi connectivity index (χ0v) is 7.57. The van der Waals surface area contributed by atoms with Crippen LogP contribution in [0.25, 0.3) is 0 Å². The number of aliphatic hydroxyl groups excluding tert-OH is 1. The molecule has 0 aliphatic carbocycles. The monoisotopic (exact) mass is 176 g/mol. The van der Waals surface area contributed by atoms with Crippen molar-refractivity contribution in [2.45, 2.75) is 25.9 Å². The summed E-state index contributed by atoms with van der Waals surface area (Å²) in [7, 11) is 0. The third kappa shape index (κ3) is 2.85. The first-order chi connectivity index (χ1) is 6.24. The molecule has 0 saturated carbocycles. The molecular weight excluding hydrogens is 164 g/mol. The molecule has 1 aromatic rings. The van der Waals surface area contributed by atoms with Gasteiger partial charge in [0, 0.05) is 12.6 Å². The molecule has 0 amide bonds. The average molecular weight is 176 g/mol. The van der Waals surface area contributed by atoms with Crippen LogP contribution in [-0.4, -0.2) is 15.1 Å². The summed E-state index contributed by atoms with van der Waals surface area (Å²) in [6, 6.07) is 0. The van der Waals surface area contributed by atoms with Crippen LogP contribution >= 0.6 is 0 Å². The first-order valence-corrected chi connectivity index (χ1v) is 4.14. The van der Waals surface area contributed by atoms with Crippen molar-refractivity contribution in [1.82, 2.24) is 9.97 Å². The largest absolute Gasteiger partial charge is 0.387 e. The quantitative estimate of drug-likeness (QED) is 0.704. The smallest absolute Gasteiger partial charge is 0.0984 e. The second kappa shape index (κ2) is 4.58. The number of nitrogens with zero attached hydrogens (tertiary/aromatic N) is 2. The van der Waals surface area contributed by atoms with Crippen molar-refractivity contribution in [3.8, 4) is 12.3 Å². The third-order valence-corrected chi connectivity index (χ3v) is 1.70. The third-order valence-electron chi connectivity index (χ3n) is 1.70. The van der Waals surface area contributed by atoms with E-state index in [2.05, 4.69) is 15.9 Å². The topological polar surface area (TPSA) is 46.0 Å². The predicted molar refractivity (Wildman–Crippen MR) is 49.8 cm³/mol. The van der Waals surface area contributed by atoms with Crippen LogP contribution in [0.1, 0.15) is 30.3 Å². The van der Waals surface area contributed by atoms with E-state index in [-0.39, 0.29) is 0 Å². The number of aliphatic hydroxyl groups is 1. The van der Waals surface area contributed by atoms with Gasteiger partial charge in [0.25, 0.3) is 0 Å². The summed E-state index contributed by atoms with van der Waals surface area (Å²) < 4.78 is 0. The van der Waals surface area contributed by atoms with Gasteiger partial charge in [-0.25, -0.2) is 0 Å². The molecule has 0 aromatic carbocycles. The molecule has 13 heavy (non-hydrogen) atoms. The van der Waals surface area contributed by atoms with Crippen LogP contribution in [-0.2, 0) is 0 Å². The van der Waals surface area contributed by atoms with E-state index in [0.29, 0.717) is 18.5 Å². The Morgan fingerprint density at radius 2 is 2.31 bits per heavy atom. The Labute approximate surface area is 77.9 Å². The molecule has 0 radical (unpaired) electrons. The fourth-order valence-electron chi connectivity index (χ4n) is 0.943. The lowest BCUT2D eigenvalue weighted by Crippen LogP contribution is -2.01. The number of terminal acetylenes is 1. The van der Waals surface area contributed by atoms with Gasteiger partial charge in [-0.2, -0.15) is 0 Å². The van der Waals surface area contributed by atoms with Crippen LogP contribution < -0.4 is 0 Å². The molecule has 1 unspecified atom stereocenters. The summed E-state index contributed by atoms with van der Waals surface area (Å²) >= 11 is 0. The fraction of sp³-hybridized carbons (Fsp3) is 0.400. The van der Waals surface area contributed by atoms with Gasteiger partial charge in [0.1, 0.15) is 0 Å². The van der Waals surface area contributed by atoms with Crippen LogP contribution in [0.15, 0.2) is 12.4 Å². The summed E-state index contributed by atoms with van der Waals surface area (Å²) in [5.41, 5.74) is 1.42. The van der Waals surface area contributed by atoms with Crippen molar-refractivity contribution in [3.63, 3.8) is 0 Å². The molecule has 3 nitrogen and oxygen atoms in total. The number of aryl methyl sites for hydroxylation is 1. The van der Waals surface area contributed by atoms with Gasteiger partial charge in [0.15, 0.2) is 0 Å². The molecule has 1 N–H and O–H groups in total. The molecule has 68 valence electrons. The van der Waals surface area contributed by atoms with E-state index in [0.717, 1.165) is 5.69 Å². The predicted octanol–water partition coefficient (Wildman–Crippen LogP) is 1.23. The van der Waals surface area contributed by atoms with Gasteiger partial charge in [-0.05, 0) is 13.3 Å². The highest BCUT2D eigenvalue weighted by Gasteiger charge is 2.07. The van der Waals surface area contributed by atoms with E-state index in [1.165, 1.54) is 0 Å². The minimum Gasteiger partial charge on any atom is -0.387 e. The van der Waals surface area contributed by atoms with Crippen LogP contribution in [0.2, 0.25) is 0 Å². The lowest BCUT2D eigenvalue weighted by Gasteiger charge is -2.06. The van der Waals surface area contributed by atoms with Crippen molar-refractivity contribution in [2.75, 3.05) is 0 Å². The zero-order valence-electron chi connectivity index (χ0n) is 7.57. The summed E-state index contributed by atoms with van der Waals surface area (Å²) in [5, 5.41) is 9.54. The van der Waals surface area contributed by atoms with E-state index < -0.39 is 6.10 Å². The molecule has 1 rings (SSSR count). The van der Waals surface area contributed by atoms with Crippen LogP contribution in [0.3, 0.4) is 0 Å². The number of hydrogen-bond acceptors (Lipinski definition) is 3. The van der Waals surface area contributed by atoms with Crippen LogP contribution in [0, 0.1) is 19.3 Å². The number of aromatic nitrogens is 2. The summed E-state index contributed by atoms with van der Waals surface area (Å²) in [5.74, 6) is 2.47. The van der Waals surface area contributed by atoms with Crippen molar-refractivity contribution >= 4 is 0 Å². The molecule has 0 aliphatic rings. The van der Waals surface area contributed by atoms with Crippen molar-refractivity contribution in [3.05, 3.63) is 23.8 Å². The highest BCUT2D eigenvalue weighted by atomic mass is 16.3. The Kier molecular flexibility index (Phi) is 3.41. The van der Waals surface area contributed by atoms with E-state index in [1.54, 1.807) is 12.4 Å². The highest BCUT2D eigenvalue weighted by molar-refractivity contribution is 5.04. The van der Waals surface area contributed by atoms with Gasteiger partial charge in [-0.15, -0.1) is 12.3 Å². The Bertz CT molecular complexity index is 300. The van der Waals surface area contributed by atoms with Crippen LogP contribution in [0.5, 0.6) is 0 Å². The summed E-state index contributed by atoms with van der Waals surface area (Å²) in [6.45, 7) is 1.85. The lowest BCUT2D eigenvalue weighted by molar-refractivity contribution is 0.164. The van der Waals surface area contributed by atoms with Gasteiger partial charge in [0.05, 0.1) is 23.7 Å². The summed E-state index contributed by atoms with van der Waals surface area (Å²) in [4.78, 5) is 8.08. The van der Waals surface area contributed by atoms with Gasteiger partial charge in [-0.3, -0.25) is 9.97 Å². The molecule has 1 heterocycles. The Balaban J connectivity index is 2.62. The second-order valence-corrected chi connectivity index (χ2v) is 2.84. The first-order valence-electron chi connectivity index (χ1n) is 4.14. The second-order valence-electron chi connectivity index (χ2n) is 2.84. The summed E-state index contributed by atoms with van der Waals surface area (Å²) in [6.07, 6.45) is 8.79. The Morgan fingerprint density at radius 3 is 2.85 bits per heavy atom. The van der Waals surface area contributed by atoms with E-state index in [4.69, 9.17) is 6.42 Å². The average Bonchev–Trinajstić information content (AvgIpc) is 2.15. The van der Waals surface area contributed by atoms with Crippen molar-refractivity contribution in [2.24, 2.45) is 0 Å². The number of rotatable bonds is 3. The minimum absolute atomic E-state index is 0.536. The van der Waals surface area contributed by atoms with E-state index in [1.807, 2.05) is 6.92 Å². The van der Waals surface area contributed by atoms with Gasteiger partial charge in [-0.1, -0.05) is 0 Å². The van der Waals surface area contributed by atoms with E-state index >= 15 is 0 Å². The maximum Gasteiger partial charge on any atom is 0.0984 e. The molecule has 0 bridgehead atoms. The lowest BCUT2D eigenvalue weighted by atomic mass is 10.1. The maximum absolute atomic E-state index is 9.54. The van der Waals surface area contributed by atoms with Crippen LogP contribution in [0.4, 0.5) is 0 Å². The molecule has 1 atom stereocenters. The minimum atomic E-state index is -0.593. The molecule has 1 aromatic heterocycles. The Hall–Kier alpha value is -1.40. The fourth-order valence-corrected chi connectivity index (χ4v) is 0.943. The van der Waals surface area contributed by atoms with Gasteiger partial charge < -0.3 is 5.11 Å². The zero-order chi connectivity index (χ0) is 9.68. The molecular formula is C10H12N2O. The van der Waals surface area contributed by atoms with E-state index in [9.17, 15) is 5.11 Å². The molecule has 0 spiro atoms. The normalized spacial score (nSPS) is 12.1. The first kappa shape index (κ1) is 9.69. The number of hydrogen-bond donors (Lipinski definition) is 1. The molecule has 3 heteroatoms.